The predicted molar refractivity (Wildman–Crippen MR) is 90.4 cm³/mol. The van der Waals surface area contributed by atoms with E-state index in [1.807, 2.05) is 45.9 Å². The van der Waals surface area contributed by atoms with Crippen molar-refractivity contribution in [2.45, 2.75) is 33.8 Å². The molecule has 0 heterocycles. The molecule has 2 N–H and O–H groups in total. The fraction of sp³-hybridized carbons (Fsp3) is 0.467. The molecule has 0 atom stereocenters. The van der Waals surface area contributed by atoms with E-state index in [-0.39, 0.29) is 6.10 Å². The highest BCUT2D eigenvalue weighted by Gasteiger charge is 2.07. The molecule has 0 aliphatic carbocycles. The summed E-state index contributed by atoms with van der Waals surface area (Å²) < 4.78 is 11.3. The van der Waals surface area contributed by atoms with Crippen molar-refractivity contribution in [2.24, 2.45) is 5.10 Å². The maximum absolute atomic E-state index is 5.71. The second-order valence-corrected chi connectivity index (χ2v) is 4.94. The zero-order valence-corrected chi connectivity index (χ0v) is 13.8. The molecule has 1 rings (SSSR count). The average molecular weight is 309 g/mol. The molecule has 0 spiro atoms. The van der Waals surface area contributed by atoms with Crippen LogP contribution >= 0.6 is 12.2 Å². The molecule has 116 valence electrons. The molecular formula is C15H23N3O2S. The summed E-state index contributed by atoms with van der Waals surface area (Å²) in [5.74, 6) is 1.45. The van der Waals surface area contributed by atoms with Gasteiger partial charge in [0, 0.05) is 6.54 Å². The lowest BCUT2D eigenvalue weighted by Gasteiger charge is -2.14. The Morgan fingerprint density at radius 3 is 2.71 bits per heavy atom. The van der Waals surface area contributed by atoms with Crippen molar-refractivity contribution in [3.8, 4) is 11.5 Å². The van der Waals surface area contributed by atoms with Gasteiger partial charge in [-0.2, -0.15) is 5.10 Å². The van der Waals surface area contributed by atoms with E-state index in [4.69, 9.17) is 21.7 Å². The van der Waals surface area contributed by atoms with Gasteiger partial charge in [-0.15, -0.1) is 0 Å². The van der Waals surface area contributed by atoms with Gasteiger partial charge in [-0.3, -0.25) is 5.43 Å². The third-order valence-corrected chi connectivity index (χ3v) is 2.58. The molecule has 0 radical (unpaired) electrons. The Balaban J connectivity index is 2.77. The Morgan fingerprint density at radius 1 is 1.33 bits per heavy atom. The van der Waals surface area contributed by atoms with Crippen molar-refractivity contribution >= 4 is 23.5 Å². The molecular weight excluding hydrogens is 286 g/mol. The maximum atomic E-state index is 5.71. The van der Waals surface area contributed by atoms with Crippen LogP contribution in [-0.4, -0.2) is 30.6 Å². The number of nitrogens with one attached hydrogen (secondary N) is 2. The SMILES string of the molecule is CCNC(=S)NN=Cc1ccc(OC(C)C)c(OCC)c1. The molecule has 0 aliphatic heterocycles. The maximum Gasteiger partial charge on any atom is 0.186 e. The zero-order valence-electron chi connectivity index (χ0n) is 13.0. The topological polar surface area (TPSA) is 54.9 Å². The summed E-state index contributed by atoms with van der Waals surface area (Å²) in [6.07, 6.45) is 1.79. The Kier molecular flexibility index (Phi) is 7.53. The first-order valence-electron chi connectivity index (χ1n) is 7.07. The molecule has 0 amide bonds. The van der Waals surface area contributed by atoms with E-state index in [1.54, 1.807) is 6.21 Å². The molecule has 0 saturated carbocycles. The van der Waals surface area contributed by atoms with Crippen LogP contribution in [-0.2, 0) is 0 Å². The minimum Gasteiger partial charge on any atom is -0.490 e. The van der Waals surface area contributed by atoms with Crippen molar-refractivity contribution < 1.29 is 9.47 Å². The second kappa shape index (κ2) is 9.18. The van der Waals surface area contributed by atoms with Gasteiger partial charge in [0.1, 0.15) is 0 Å². The Labute approximate surface area is 131 Å². The number of hydrogen-bond donors (Lipinski definition) is 2. The molecule has 0 aliphatic rings. The van der Waals surface area contributed by atoms with Gasteiger partial charge in [0.15, 0.2) is 16.6 Å². The number of hydrazone groups is 1. The Bertz CT molecular complexity index is 490. The van der Waals surface area contributed by atoms with Crippen molar-refractivity contribution in [1.82, 2.24) is 10.7 Å². The smallest absolute Gasteiger partial charge is 0.186 e. The number of thiocarbonyl (C=S) groups is 1. The van der Waals surface area contributed by atoms with Gasteiger partial charge in [-0.05, 0) is 63.7 Å². The van der Waals surface area contributed by atoms with Crippen molar-refractivity contribution in [3.63, 3.8) is 0 Å². The van der Waals surface area contributed by atoms with Crippen LogP contribution in [0.5, 0.6) is 11.5 Å². The fourth-order valence-corrected chi connectivity index (χ4v) is 1.79. The molecule has 5 nitrogen and oxygen atoms in total. The summed E-state index contributed by atoms with van der Waals surface area (Å²) in [5, 5.41) is 7.53. The third kappa shape index (κ3) is 6.44. The third-order valence-electron chi connectivity index (χ3n) is 2.35. The molecule has 1 aromatic carbocycles. The average Bonchev–Trinajstić information content (AvgIpc) is 2.41. The van der Waals surface area contributed by atoms with Crippen LogP contribution in [0.1, 0.15) is 33.3 Å². The highest BCUT2D eigenvalue weighted by atomic mass is 32.1. The number of rotatable bonds is 7. The van der Waals surface area contributed by atoms with Crippen LogP contribution < -0.4 is 20.2 Å². The van der Waals surface area contributed by atoms with Gasteiger partial charge in [-0.1, -0.05) is 0 Å². The normalized spacial score (nSPS) is 10.7. The minimum absolute atomic E-state index is 0.0999. The van der Waals surface area contributed by atoms with Gasteiger partial charge >= 0.3 is 0 Å². The molecule has 0 fully saturated rings. The monoisotopic (exact) mass is 309 g/mol. The summed E-state index contributed by atoms with van der Waals surface area (Å²) in [4.78, 5) is 0. The van der Waals surface area contributed by atoms with Crippen LogP contribution in [0.2, 0.25) is 0 Å². The van der Waals surface area contributed by atoms with Crippen LogP contribution in [0.3, 0.4) is 0 Å². The number of benzene rings is 1. The minimum atomic E-state index is 0.0999. The summed E-state index contributed by atoms with van der Waals surface area (Å²) in [7, 11) is 0. The standard InChI is InChI=1S/C15H23N3O2S/c1-5-16-15(21)18-17-10-12-7-8-13(20-11(3)4)14(9-12)19-6-2/h7-11H,5-6H2,1-4H3,(H2,16,18,21). The van der Waals surface area contributed by atoms with Crippen LogP contribution in [0.15, 0.2) is 23.3 Å². The summed E-state index contributed by atoms with van der Waals surface area (Å²) >= 11 is 5.02. The molecule has 21 heavy (non-hydrogen) atoms. The Morgan fingerprint density at radius 2 is 2.10 bits per heavy atom. The molecule has 0 saturated heterocycles. The molecule has 0 bridgehead atoms. The van der Waals surface area contributed by atoms with Crippen LogP contribution in [0.4, 0.5) is 0 Å². The number of ether oxygens (including phenoxy) is 2. The lowest BCUT2D eigenvalue weighted by molar-refractivity contribution is 0.224. The van der Waals surface area contributed by atoms with E-state index < -0.39 is 0 Å². The van der Waals surface area contributed by atoms with Gasteiger partial charge < -0.3 is 14.8 Å². The quantitative estimate of drug-likeness (QED) is 0.461. The lowest BCUT2D eigenvalue weighted by Crippen LogP contribution is -2.31. The first-order valence-corrected chi connectivity index (χ1v) is 7.48. The zero-order chi connectivity index (χ0) is 15.7. The largest absolute Gasteiger partial charge is 0.490 e. The molecule has 6 heteroatoms. The predicted octanol–water partition coefficient (Wildman–Crippen LogP) is 2.69. The van der Waals surface area contributed by atoms with Crippen molar-refractivity contribution in [2.75, 3.05) is 13.2 Å². The van der Waals surface area contributed by atoms with Crippen molar-refractivity contribution in [1.29, 1.82) is 0 Å². The molecule has 0 unspecified atom stereocenters. The van der Waals surface area contributed by atoms with Gasteiger partial charge in [-0.25, -0.2) is 0 Å². The Hall–Kier alpha value is -1.82. The van der Waals surface area contributed by atoms with E-state index in [9.17, 15) is 0 Å². The second-order valence-electron chi connectivity index (χ2n) is 4.54. The van der Waals surface area contributed by atoms with E-state index in [0.717, 1.165) is 17.9 Å². The fourth-order valence-electron chi connectivity index (χ4n) is 1.59. The summed E-state index contributed by atoms with van der Waals surface area (Å²) in [5.41, 5.74) is 3.65. The highest BCUT2D eigenvalue weighted by molar-refractivity contribution is 7.80. The van der Waals surface area contributed by atoms with Crippen LogP contribution in [0, 0.1) is 0 Å². The van der Waals surface area contributed by atoms with E-state index in [1.165, 1.54) is 0 Å². The number of nitrogens with zero attached hydrogens (tertiary/aromatic N) is 1. The molecule has 1 aromatic rings. The van der Waals surface area contributed by atoms with E-state index in [2.05, 4.69) is 15.8 Å². The first kappa shape index (κ1) is 17.2. The number of hydrogen-bond acceptors (Lipinski definition) is 4. The van der Waals surface area contributed by atoms with E-state index in [0.29, 0.717) is 17.5 Å². The summed E-state index contributed by atoms with van der Waals surface area (Å²) in [6, 6.07) is 5.69. The molecule has 0 aromatic heterocycles. The van der Waals surface area contributed by atoms with Crippen molar-refractivity contribution in [3.05, 3.63) is 23.8 Å². The van der Waals surface area contributed by atoms with Gasteiger partial charge in [0.2, 0.25) is 0 Å². The lowest BCUT2D eigenvalue weighted by atomic mass is 10.2. The summed E-state index contributed by atoms with van der Waals surface area (Å²) in [6.45, 7) is 9.22. The first-order chi connectivity index (χ1) is 10.1. The van der Waals surface area contributed by atoms with E-state index >= 15 is 0 Å². The van der Waals surface area contributed by atoms with Gasteiger partial charge in [0.05, 0.1) is 18.9 Å². The van der Waals surface area contributed by atoms with Crippen LogP contribution in [0.25, 0.3) is 0 Å². The highest BCUT2D eigenvalue weighted by Crippen LogP contribution is 2.28. The van der Waals surface area contributed by atoms with Gasteiger partial charge in [0.25, 0.3) is 0 Å².